The van der Waals surface area contributed by atoms with Crippen molar-refractivity contribution in [2.24, 2.45) is 29.6 Å². The molecule has 2 aliphatic heterocycles. The molecule has 0 radical (unpaired) electrons. The molecule has 1 saturated carbocycles. The summed E-state index contributed by atoms with van der Waals surface area (Å²) >= 11 is 6.40. The summed E-state index contributed by atoms with van der Waals surface area (Å²) in [5, 5.41) is 33.4. The van der Waals surface area contributed by atoms with Gasteiger partial charge in [-0.05, 0) is 48.6 Å². The fraction of sp³-hybridized carbons (Fsp3) is 0.273. The van der Waals surface area contributed by atoms with E-state index >= 15 is 0 Å². The molecule has 2 aliphatic carbocycles. The minimum atomic E-state index is -1.01. The SMILES string of the molecule is COc1cc([C@H]2C3=CC[C@@H]4C(=O)N(c5cccc([N+](=O)[O-])c5)C(=O)[C@@H]4[C@@H]3C[C@H]3C(=O)N(c4cccc([N+](=O)[O-])c4)C(=O)[C@@H]23)cc(Cl)c1O. The molecule has 3 aromatic carbocycles. The van der Waals surface area contributed by atoms with E-state index < -0.39 is 69.0 Å². The number of ether oxygens (including phenoxy) is 1. The van der Waals surface area contributed by atoms with Gasteiger partial charge in [0.2, 0.25) is 23.6 Å². The van der Waals surface area contributed by atoms with Crippen molar-refractivity contribution < 1.29 is 38.9 Å². The highest BCUT2D eigenvalue weighted by Gasteiger charge is 2.62. The number of carbonyl (C=O) groups is 4. The van der Waals surface area contributed by atoms with E-state index in [0.717, 1.165) is 21.9 Å². The topological polar surface area (TPSA) is 190 Å². The number of anilines is 2. The molecule has 2 heterocycles. The molecule has 2 saturated heterocycles. The number of non-ortho nitro benzene ring substituents is 2. The van der Waals surface area contributed by atoms with Crippen molar-refractivity contribution in [3.63, 3.8) is 0 Å². The molecule has 0 unspecified atom stereocenters. The molecular weight excluding hydrogens is 648 g/mol. The predicted molar refractivity (Wildman–Crippen MR) is 168 cm³/mol. The third kappa shape index (κ3) is 4.54. The third-order valence-electron chi connectivity index (χ3n) is 9.88. The fourth-order valence-corrected chi connectivity index (χ4v) is 8.11. The van der Waals surface area contributed by atoms with E-state index in [2.05, 4.69) is 0 Å². The van der Waals surface area contributed by atoms with E-state index in [9.17, 15) is 44.5 Å². The standard InChI is InChI=1S/C33H25ClN4O10/c1-48-25-11-15(10-24(34)29(25)39)26-20-8-9-21-27(32(42)35(30(21)40)16-4-2-6-18(12-16)37(44)45)22(20)14-23-28(26)33(43)36(31(23)41)17-5-3-7-19(13-17)38(46)47/h2-8,10-13,21-23,26-28,39H,9,14H2,1H3/t21-,22+,23+,26-,27-,28+/m0/s1. The first-order valence-corrected chi connectivity index (χ1v) is 15.3. The van der Waals surface area contributed by atoms with Gasteiger partial charge in [0.15, 0.2) is 11.5 Å². The Morgan fingerprint density at radius 3 is 1.92 bits per heavy atom. The number of nitrogens with zero attached hydrogens (tertiary/aromatic N) is 4. The first-order chi connectivity index (χ1) is 22.9. The van der Waals surface area contributed by atoms with Crippen LogP contribution < -0.4 is 14.5 Å². The van der Waals surface area contributed by atoms with Crippen molar-refractivity contribution in [1.29, 1.82) is 0 Å². The van der Waals surface area contributed by atoms with Crippen LogP contribution in [0.1, 0.15) is 24.3 Å². The van der Waals surface area contributed by atoms with Gasteiger partial charge in [0.05, 0.1) is 57.0 Å². The minimum Gasteiger partial charge on any atom is -0.503 e. The number of allylic oxidation sites excluding steroid dienone is 2. The quantitative estimate of drug-likeness (QED) is 0.163. The Morgan fingerprint density at radius 2 is 1.35 bits per heavy atom. The van der Waals surface area contributed by atoms with Gasteiger partial charge in [-0.1, -0.05) is 35.4 Å². The zero-order valence-electron chi connectivity index (χ0n) is 25.0. The molecule has 0 bridgehead atoms. The number of imide groups is 2. The lowest BCUT2D eigenvalue weighted by Gasteiger charge is -2.44. The summed E-state index contributed by atoms with van der Waals surface area (Å²) < 4.78 is 5.34. The molecule has 48 heavy (non-hydrogen) atoms. The maximum atomic E-state index is 14.3. The average Bonchev–Trinajstić information content (AvgIpc) is 3.48. The van der Waals surface area contributed by atoms with Crippen LogP contribution in [0.5, 0.6) is 11.5 Å². The normalized spacial score (nSPS) is 26.2. The van der Waals surface area contributed by atoms with Crippen LogP contribution in [-0.2, 0) is 19.2 Å². The van der Waals surface area contributed by atoms with Crippen LogP contribution in [0, 0.1) is 49.8 Å². The molecule has 14 nitrogen and oxygen atoms in total. The number of methoxy groups -OCH3 is 1. The number of benzene rings is 3. The smallest absolute Gasteiger partial charge is 0.271 e. The van der Waals surface area contributed by atoms with Crippen LogP contribution in [0.25, 0.3) is 0 Å². The number of phenolic OH excluding ortho intramolecular Hbond substituents is 1. The van der Waals surface area contributed by atoms with Gasteiger partial charge in [-0.2, -0.15) is 0 Å². The summed E-state index contributed by atoms with van der Waals surface area (Å²) in [5.41, 5.74) is 0.521. The summed E-state index contributed by atoms with van der Waals surface area (Å²) in [6.07, 6.45) is 1.95. The molecular formula is C33H25ClN4O10. The molecule has 1 N–H and O–H groups in total. The lowest BCUT2D eigenvalue weighted by Crippen LogP contribution is -2.43. The van der Waals surface area contributed by atoms with Gasteiger partial charge < -0.3 is 9.84 Å². The summed E-state index contributed by atoms with van der Waals surface area (Å²) in [6, 6.07) is 13.4. The molecule has 6 atom stereocenters. The molecule has 7 rings (SSSR count). The maximum Gasteiger partial charge on any atom is 0.271 e. The minimum absolute atomic E-state index is 0.0155. The number of hydrogen-bond donors (Lipinski definition) is 1. The van der Waals surface area contributed by atoms with Gasteiger partial charge in [-0.3, -0.25) is 39.4 Å². The molecule has 15 heteroatoms. The summed E-state index contributed by atoms with van der Waals surface area (Å²) in [7, 11) is 1.33. The van der Waals surface area contributed by atoms with Gasteiger partial charge in [-0.25, -0.2) is 9.80 Å². The second-order valence-corrected chi connectivity index (χ2v) is 12.6. The number of nitro groups is 2. The number of rotatable bonds is 6. The van der Waals surface area contributed by atoms with Crippen LogP contribution in [0.3, 0.4) is 0 Å². The number of fused-ring (bicyclic) bond motifs is 4. The van der Waals surface area contributed by atoms with Crippen molar-refractivity contribution in [3.8, 4) is 11.5 Å². The summed E-state index contributed by atoms with van der Waals surface area (Å²) in [4.78, 5) is 79.9. The first kappa shape index (κ1) is 31.0. The Bertz CT molecular complexity index is 2010. The highest BCUT2D eigenvalue weighted by atomic mass is 35.5. The van der Waals surface area contributed by atoms with E-state index in [1.807, 2.05) is 0 Å². The molecule has 244 valence electrons. The zero-order valence-corrected chi connectivity index (χ0v) is 25.8. The second kappa shape index (κ2) is 11.3. The first-order valence-electron chi connectivity index (χ1n) is 14.9. The van der Waals surface area contributed by atoms with Gasteiger partial charge in [0.25, 0.3) is 11.4 Å². The largest absolute Gasteiger partial charge is 0.503 e. The van der Waals surface area contributed by atoms with Gasteiger partial charge in [-0.15, -0.1) is 0 Å². The van der Waals surface area contributed by atoms with E-state index in [1.54, 1.807) is 6.08 Å². The lowest BCUT2D eigenvalue weighted by molar-refractivity contribution is -0.385. The molecule has 0 spiro atoms. The number of amides is 4. The molecule has 0 aromatic heterocycles. The molecule has 4 aliphatic rings. The van der Waals surface area contributed by atoms with E-state index in [0.29, 0.717) is 11.1 Å². The number of phenols is 1. The highest BCUT2D eigenvalue weighted by molar-refractivity contribution is 6.32. The van der Waals surface area contributed by atoms with Gasteiger partial charge >= 0.3 is 0 Å². The Balaban J connectivity index is 1.35. The number of carbonyl (C=O) groups excluding carboxylic acids is 4. The molecule has 4 amide bonds. The third-order valence-corrected chi connectivity index (χ3v) is 10.2. The monoisotopic (exact) mass is 672 g/mol. The van der Waals surface area contributed by atoms with Crippen molar-refractivity contribution in [2.45, 2.75) is 18.8 Å². The number of aromatic hydroxyl groups is 1. The predicted octanol–water partition coefficient (Wildman–Crippen LogP) is 4.92. The maximum absolute atomic E-state index is 14.3. The van der Waals surface area contributed by atoms with Crippen molar-refractivity contribution in [3.05, 3.63) is 103 Å². The van der Waals surface area contributed by atoms with Crippen LogP contribution in [0.15, 0.2) is 72.3 Å². The van der Waals surface area contributed by atoms with Crippen molar-refractivity contribution in [1.82, 2.24) is 0 Å². The Kier molecular flexibility index (Phi) is 7.27. The van der Waals surface area contributed by atoms with E-state index in [4.69, 9.17) is 16.3 Å². The second-order valence-electron chi connectivity index (χ2n) is 12.2. The van der Waals surface area contributed by atoms with Crippen LogP contribution in [0.2, 0.25) is 5.02 Å². The zero-order chi connectivity index (χ0) is 34.2. The lowest BCUT2D eigenvalue weighted by atomic mass is 9.57. The van der Waals surface area contributed by atoms with Crippen molar-refractivity contribution in [2.75, 3.05) is 16.9 Å². The highest BCUT2D eigenvalue weighted by Crippen LogP contribution is 2.59. The number of nitro benzene ring substituents is 2. The average molecular weight is 673 g/mol. The molecule has 3 fully saturated rings. The van der Waals surface area contributed by atoms with Gasteiger partial charge in [0.1, 0.15) is 0 Å². The van der Waals surface area contributed by atoms with E-state index in [1.165, 1.54) is 55.6 Å². The van der Waals surface area contributed by atoms with Crippen LogP contribution >= 0.6 is 11.6 Å². The van der Waals surface area contributed by atoms with Gasteiger partial charge in [0, 0.05) is 30.2 Å². The Labute approximate surface area is 276 Å². The Hall–Kier alpha value is -5.63. The molecule has 3 aromatic rings. The van der Waals surface area contributed by atoms with Crippen LogP contribution in [0.4, 0.5) is 22.7 Å². The summed E-state index contributed by atoms with van der Waals surface area (Å²) in [6.45, 7) is 0. The van der Waals surface area contributed by atoms with Crippen molar-refractivity contribution >= 4 is 58.0 Å². The summed E-state index contributed by atoms with van der Waals surface area (Å²) in [5.74, 6) is -7.95. The Morgan fingerprint density at radius 1 is 0.792 bits per heavy atom. The van der Waals surface area contributed by atoms with E-state index in [-0.39, 0.29) is 52.1 Å². The number of hydrogen-bond acceptors (Lipinski definition) is 10. The fourth-order valence-electron chi connectivity index (χ4n) is 7.89. The van der Waals surface area contributed by atoms with Crippen LogP contribution in [-0.4, -0.2) is 45.7 Å². The number of halogens is 1.